The zero-order valence-corrected chi connectivity index (χ0v) is 10.6. The molecular weight excluding hydrogens is 234 g/mol. The zero-order valence-electron chi connectivity index (χ0n) is 9.76. The number of rotatable bonds is 4. The van der Waals surface area contributed by atoms with Gasteiger partial charge in [-0.05, 0) is 37.5 Å². The first-order valence-corrected chi connectivity index (χ1v) is 6.30. The number of aromatic amines is 1. The van der Waals surface area contributed by atoms with Gasteiger partial charge >= 0.3 is 0 Å². The molecule has 0 spiro atoms. The normalized spacial score (nSPS) is 15.4. The predicted molar refractivity (Wildman–Crippen MR) is 66.4 cm³/mol. The van der Waals surface area contributed by atoms with E-state index in [1.807, 2.05) is 24.0 Å². The second-order valence-corrected chi connectivity index (χ2v) is 4.96. The molecule has 1 aliphatic carbocycles. The van der Waals surface area contributed by atoms with Gasteiger partial charge in [-0.2, -0.15) is 10.2 Å². The minimum Gasteiger partial charge on any atom is -0.301 e. The first-order chi connectivity index (χ1) is 8.24. The molecular formula is C11H15N5S. The second kappa shape index (κ2) is 4.10. The van der Waals surface area contributed by atoms with Crippen molar-refractivity contribution in [2.45, 2.75) is 38.8 Å². The molecule has 90 valence electrons. The smallest absolute Gasteiger partial charge is 0.195 e. The minimum atomic E-state index is 0.579. The van der Waals surface area contributed by atoms with Crippen molar-refractivity contribution in [2.75, 3.05) is 0 Å². The molecule has 2 heterocycles. The largest absolute Gasteiger partial charge is 0.301 e. The molecule has 1 fully saturated rings. The van der Waals surface area contributed by atoms with Gasteiger partial charge in [0, 0.05) is 25.2 Å². The maximum absolute atomic E-state index is 5.25. The van der Waals surface area contributed by atoms with Crippen LogP contribution in [-0.4, -0.2) is 24.5 Å². The predicted octanol–water partition coefficient (Wildman–Crippen LogP) is 2.02. The lowest BCUT2D eigenvalue weighted by Gasteiger charge is -2.04. The molecule has 0 amide bonds. The highest BCUT2D eigenvalue weighted by molar-refractivity contribution is 7.71. The molecule has 1 aliphatic rings. The molecule has 5 nitrogen and oxygen atoms in total. The standard InChI is InChI=1S/C11H15N5S/c1-8-6-12-15(7-8)5-4-10-13-14-11(17)16(10)9-2-3-9/h6-7,9H,2-5H2,1H3,(H,14,17). The van der Waals surface area contributed by atoms with E-state index in [0.717, 1.165) is 23.6 Å². The van der Waals surface area contributed by atoms with E-state index in [4.69, 9.17) is 12.2 Å². The number of hydrogen-bond donors (Lipinski definition) is 1. The molecule has 0 atom stereocenters. The molecule has 1 saturated carbocycles. The monoisotopic (exact) mass is 249 g/mol. The summed E-state index contributed by atoms with van der Waals surface area (Å²) in [7, 11) is 0. The minimum absolute atomic E-state index is 0.579. The van der Waals surface area contributed by atoms with Crippen molar-refractivity contribution in [1.82, 2.24) is 24.5 Å². The molecule has 6 heteroatoms. The Bertz CT molecular complexity index is 575. The number of aromatic nitrogens is 5. The SMILES string of the molecule is Cc1cnn(CCc2n[nH]c(=S)n2C2CC2)c1. The molecule has 0 bridgehead atoms. The highest BCUT2D eigenvalue weighted by Gasteiger charge is 2.26. The van der Waals surface area contributed by atoms with Gasteiger partial charge in [0.15, 0.2) is 4.77 Å². The average molecular weight is 249 g/mol. The molecule has 2 aromatic heterocycles. The second-order valence-electron chi connectivity index (χ2n) is 4.58. The van der Waals surface area contributed by atoms with Crippen LogP contribution in [0.25, 0.3) is 0 Å². The summed E-state index contributed by atoms with van der Waals surface area (Å²) in [6.07, 6.45) is 7.23. The van der Waals surface area contributed by atoms with E-state index in [-0.39, 0.29) is 0 Å². The number of hydrogen-bond acceptors (Lipinski definition) is 3. The number of H-pyrrole nitrogens is 1. The van der Waals surface area contributed by atoms with E-state index in [1.165, 1.54) is 18.4 Å². The van der Waals surface area contributed by atoms with Gasteiger partial charge in [-0.25, -0.2) is 0 Å². The lowest BCUT2D eigenvalue weighted by Crippen LogP contribution is -2.07. The Morgan fingerprint density at radius 3 is 3.00 bits per heavy atom. The van der Waals surface area contributed by atoms with E-state index in [0.29, 0.717) is 6.04 Å². The van der Waals surface area contributed by atoms with Crippen molar-refractivity contribution >= 4 is 12.2 Å². The van der Waals surface area contributed by atoms with Crippen molar-refractivity contribution in [3.63, 3.8) is 0 Å². The van der Waals surface area contributed by atoms with Crippen LogP contribution in [0.4, 0.5) is 0 Å². The quantitative estimate of drug-likeness (QED) is 0.843. The number of nitrogens with zero attached hydrogens (tertiary/aromatic N) is 4. The van der Waals surface area contributed by atoms with Crippen LogP contribution >= 0.6 is 12.2 Å². The van der Waals surface area contributed by atoms with E-state index in [1.54, 1.807) is 0 Å². The summed E-state index contributed by atoms with van der Waals surface area (Å²) in [5.41, 5.74) is 1.19. The zero-order chi connectivity index (χ0) is 11.8. The summed E-state index contributed by atoms with van der Waals surface area (Å²) in [6.45, 7) is 2.89. The van der Waals surface area contributed by atoms with E-state index < -0.39 is 0 Å². The van der Waals surface area contributed by atoms with Crippen LogP contribution < -0.4 is 0 Å². The van der Waals surface area contributed by atoms with Gasteiger partial charge in [0.1, 0.15) is 5.82 Å². The van der Waals surface area contributed by atoms with Crippen molar-refractivity contribution in [3.05, 3.63) is 28.6 Å². The lowest BCUT2D eigenvalue weighted by atomic mass is 10.4. The molecule has 0 aliphatic heterocycles. The van der Waals surface area contributed by atoms with Crippen LogP contribution in [0.3, 0.4) is 0 Å². The van der Waals surface area contributed by atoms with E-state index in [2.05, 4.69) is 19.9 Å². The fourth-order valence-corrected chi connectivity index (χ4v) is 2.33. The molecule has 17 heavy (non-hydrogen) atoms. The summed E-state index contributed by atoms with van der Waals surface area (Å²) in [5, 5.41) is 11.5. The van der Waals surface area contributed by atoms with E-state index in [9.17, 15) is 0 Å². The van der Waals surface area contributed by atoms with Crippen LogP contribution in [0.15, 0.2) is 12.4 Å². The van der Waals surface area contributed by atoms with Crippen LogP contribution in [0.5, 0.6) is 0 Å². The molecule has 0 aromatic carbocycles. The van der Waals surface area contributed by atoms with Crippen molar-refractivity contribution in [3.8, 4) is 0 Å². The van der Waals surface area contributed by atoms with Crippen LogP contribution in [0.1, 0.15) is 30.3 Å². The van der Waals surface area contributed by atoms with E-state index >= 15 is 0 Å². The maximum atomic E-state index is 5.25. The molecule has 0 saturated heterocycles. The van der Waals surface area contributed by atoms with Crippen LogP contribution in [-0.2, 0) is 13.0 Å². The van der Waals surface area contributed by atoms with Crippen LogP contribution in [0, 0.1) is 11.7 Å². The van der Waals surface area contributed by atoms with Gasteiger partial charge < -0.3 is 4.57 Å². The molecule has 0 radical (unpaired) electrons. The summed E-state index contributed by atoms with van der Waals surface area (Å²) in [4.78, 5) is 0. The third kappa shape index (κ3) is 2.17. The summed E-state index contributed by atoms with van der Waals surface area (Å²) in [6, 6.07) is 0.579. The third-order valence-electron chi connectivity index (χ3n) is 3.02. The summed E-state index contributed by atoms with van der Waals surface area (Å²) < 4.78 is 4.86. The first kappa shape index (κ1) is 10.7. The third-order valence-corrected chi connectivity index (χ3v) is 3.30. The number of nitrogens with one attached hydrogen (secondary N) is 1. The topological polar surface area (TPSA) is 51.4 Å². The fraction of sp³-hybridized carbons (Fsp3) is 0.545. The fourth-order valence-electron chi connectivity index (χ4n) is 2.03. The number of aryl methyl sites for hydroxylation is 3. The average Bonchev–Trinajstić information content (AvgIpc) is 2.95. The highest BCUT2D eigenvalue weighted by atomic mass is 32.1. The van der Waals surface area contributed by atoms with Crippen LogP contribution in [0.2, 0.25) is 0 Å². The van der Waals surface area contributed by atoms with Gasteiger partial charge in [-0.15, -0.1) is 0 Å². The Labute approximate surface area is 104 Å². The first-order valence-electron chi connectivity index (χ1n) is 5.89. The molecule has 2 aromatic rings. The Morgan fingerprint density at radius 1 is 1.53 bits per heavy atom. The summed E-state index contributed by atoms with van der Waals surface area (Å²) >= 11 is 5.25. The van der Waals surface area contributed by atoms with Gasteiger partial charge in [-0.1, -0.05) is 0 Å². The van der Waals surface area contributed by atoms with Gasteiger partial charge in [0.05, 0.1) is 6.20 Å². The van der Waals surface area contributed by atoms with Crippen molar-refractivity contribution in [1.29, 1.82) is 0 Å². The Balaban J connectivity index is 1.75. The van der Waals surface area contributed by atoms with Crippen molar-refractivity contribution in [2.24, 2.45) is 0 Å². The van der Waals surface area contributed by atoms with Crippen molar-refractivity contribution < 1.29 is 0 Å². The maximum Gasteiger partial charge on any atom is 0.195 e. The summed E-state index contributed by atoms with van der Waals surface area (Å²) in [5.74, 6) is 1.05. The highest BCUT2D eigenvalue weighted by Crippen LogP contribution is 2.35. The lowest BCUT2D eigenvalue weighted by molar-refractivity contribution is 0.572. The molecule has 1 N–H and O–H groups in total. The van der Waals surface area contributed by atoms with Gasteiger partial charge in [0.25, 0.3) is 0 Å². The molecule has 3 rings (SSSR count). The van der Waals surface area contributed by atoms with Gasteiger partial charge in [0.2, 0.25) is 0 Å². The Hall–Kier alpha value is -1.43. The Morgan fingerprint density at radius 2 is 2.35 bits per heavy atom. The Kier molecular flexibility index (Phi) is 2.58. The molecule has 0 unspecified atom stereocenters. The van der Waals surface area contributed by atoms with Gasteiger partial charge in [-0.3, -0.25) is 9.78 Å².